The summed E-state index contributed by atoms with van der Waals surface area (Å²) in [5.74, 6) is -1.59. The molecule has 0 aliphatic rings. The number of fused-ring (bicyclic) bond motifs is 1. The fourth-order valence-electron chi connectivity index (χ4n) is 2.40. The highest BCUT2D eigenvalue weighted by molar-refractivity contribution is 6.11. The Morgan fingerprint density at radius 1 is 1.11 bits per heavy atom. The molecule has 0 radical (unpaired) electrons. The SMILES string of the molecule is CCOC(=O)/C(=C/C(=O)c1ccc2[nH]ccc2c1)C(OCC)=C(C#N)C#N. The Bertz CT molecular complexity index is 1000. The molecule has 7 heteroatoms. The summed E-state index contributed by atoms with van der Waals surface area (Å²) in [5.41, 5.74) is 0.531. The first-order chi connectivity index (χ1) is 13.0. The predicted molar refractivity (Wildman–Crippen MR) is 97.2 cm³/mol. The van der Waals surface area contributed by atoms with Gasteiger partial charge in [0.2, 0.25) is 0 Å². The van der Waals surface area contributed by atoms with E-state index in [2.05, 4.69) is 4.98 Å². The molecule has 0 aliphatic carbocycles. The maximum atomic E-state index is 12.7. The lowest BCUT2D eigenvalue weighted by atomic mass is 10.0. The summed E-state index contributed by atoms with van der Waals surface area (Å²) >= 11 is 0. The van der Waals surface area contributed by atoms with Crippen molar-refractivity contribution >= 4 is 22.7 Å². The van der Waals surface area contributed by atoms with Crippen molar-refractivity contribution in [2.24, 2.45) is 0 Å². The molecule has 1 aromatic heterocycles. The minimum Gasteiger partial charge on any atom is -0.491 e. The molecule has 0 aliphatic heterocycles. The van der Waals surface area contributed by atoms with Crippen LogP contribution in [0.1, 0.15) is 24.2 Å². The number of ether oxygens (including phenoxy) is 2. The van der Waals surface area contributed by atoms with Gasteiger partial charge in [0, 0.05) is 28.7 Å². The van der Waals surface area contributed by atoms with Crippen LogP contribution in [0.3, 0.4) is 0 Å². The quantitative estimate of drug-likeness (QED) is 0.202. The minimum atomic E-state index is -0.847. The van der Waals surface area contributed by atoms with Crippen molar-refractivity contribution in [3.63, 3.8) is 0 Å². The number of aromatic nitrogens is 1. The molecular weight excluding hydrogens is 346 g/mol. The van der Waals surface area contributed by atoms with E-state index in [1.54, 1.807) is 50.4 Å². The van der Waals surface area contributed by atoms with Gasteiger partial charge < -0.3 is 14.5 Å². The van der Waals surface area contributed by atoms with Crippen LogP contribution in [0.25, 0.3) is 10.9 Å². The van der Waals surface area contributed by atoms with Gasteiger partial charge in [0.05, 0.1) is 13.2 Å². The second-order valence-electron chi connectivity index (χ2n) is 5.28. The molecule has 0 fully saturated rings. The molecule has 0 spiro atoms. The maximum absolute atomic E-state index is 12.7. The van der Waals surface area contributed by atoms with Crippen molar-refractivity contribution in [3.05, 3.63) is 59.0 Å². The summed E-state index contributed by atoms with van der Waals surface area (Å²) in [6.45, 7) is 3.41. The third-order valence-electron chi connectivity index (χ3n) is 3.59. The molecular formula is C20H17N3O4. The number of aromatic amines is 1. The number of allylic oxidation sites excluding steroid dienone is 2. The summed E-state index contributed by atoms with van der Waals surface area (Å²) in [6, 6.07) is 10.2. The van der Waals surface area contributed by atoms with Crippen molar-refractivity contribution in [1.29, 1.82) is 10.5 Å². The smallest absolute Gasteiger partial charge is 0.342 e. The molecule has 0 bridgehead atoms. The van der Waals surface area contributed by atoms with Crippen LogP contribution in [0, 0.1) is 22.7 Å². The molecule has 1 heterocycles. The standard InChI is InChI=1S/C20H17N3O4/c1-3-26-19(15(11-21)12-22)16(20(25)27-4-2)10-18(24)14-5-6-17-13(9-14)7-8-23-17/h5-10,23H,3-4H2,1-2H3/b16-10+. The van der Waals surface area contributed by atoms with E-state index >= 15 is 0 Å². The number of nitriles is 2. The molecule has 7 nitrogen and oxygen atoms in total. The molecule has 0 saturated heterocycles. The lowest BCUT2D eigenvalue weighted by molar-refractivity contribution is -0.138. The first kappa shape index (κ1) is 19.5. The van der Waals surface area contributed by atoms with Crippen LogP contribution in [0.5, 0.6) is 0 Å². The van der Waals surface area contributed by atoms with Crippen LogP contribution in [-0.4, -0.2) is 30.0 Å². The highest BCUT2D eigenvalue weighted by atomic mass is 16.5. The highest BCUT2D eigenvalue weighted by Crippen LogP contribution is 2.21. The number of hydrogen-bond acceptors (Lipinski definition) is 6. The summed E-state index contributed by atoms with van der Waals surface area (Å²) < 4.78 is 10.3. The van der Waals surface area contributed by atoms with Crippen LogP contribution in [0.4, 0.5) is 0 Å². The Kier molecular flexibility index (Phi) is 6.51. The van der Waals surface area contributed by atoms with E-state index in [1.807, 2.05) is 6.07 Å². The number of ketones is 1. The zero-order valence-electron chi connectivity index (χ0n) is 14.9. The fourth-order valence-corrected chi connectivity index (χ4v) is 2.40. The Morgan fingerprint density at radius 3 is 2.44 bits per heavy atom. The number of carbonyl (C=O) groups is 2. The zero-order chi connectivity index (χ0) is 19.8. The molecule has 0 amide bonds. The molecule has 0 unspecified atom stereocenters. The lowest BCUT2D eigenvalue weighted by Gasteiger charge is -2.12. The van der Waals surface area contributed by atoms with Crippen molar-refractivity contribution < 1.29 is 19.1 Å². The van der Waals surface area contributed by atoms with Crippen LogP contribution in [0.15, 0.2) is 53.4 Å². The third-order valence-corrected chi connectivity index (χ3v) is 3.59. The predicted octanol–water partition coefficient (Wildman–Crippen LogP) is 3.18. The molecule has 0 saturated carbocycles. The average Bonchev–Trinajstić information content (AvgIpc) is 3.14. The van der Waals surface area contributed by atoms with E-state index in [0.717, 1.165) is 17.0 Å². The van der Waals surface area contributed by atoms with Gasteiger partial charge in [-0.15, -0.1) is 0 Å². The van der Waals surface area contributed by atoms with Crippen LogP contribution in [-0.2, 0) is 14.3 Å². The molecule has 1 N–H and O–H groups in total. The number of H-pyrrole nitrogens is 1. The number of nitrogens with zero attached hydrogens (tertiary/aromatic N) is 2. The van der Waals surface area contributed by atoms with E-state index in [-0.39, 0.29) is 24.5 Å². The topological polar surface area (TPSA) is 116 Å². The Labute approximate surface area is 156 Å². The number of nitrogens with one attached hydrogen (secondary N) is 1. The molecule has 1 aromatic carbocycles. The van der Waals surface area contributed by atoms with Crippen LogP contribution >= 0.6 is 0 Å². The Balaban J connectivity index is 2.56. The van der Waals surface area contributed by atoms with Gasteiger partial charge in [0.1, 0.15) is 17.7 Å². The van der Waals surface area contributed by atoms with Gasteiger partial charge in [0.25, 0.3) is 0 Å². The highest BCUT2D eigenvalue weighted by Gasteiger charge is 2.23. The van der Waals surface area contributed by atoms with E-state index in [0.29, 0.717) is 5.56 Å². The van der Waals surface area contributed by atoms with Gasteiger partial charge in [0.15, 0.2) is 17.1 Å². The molecule has 136 valence electrons. The lowest BCUT2D eigenvalue weighted by Crippen LogP contribution is -2.15. The van der Waals surface area contributed by atoms with Crippen LogP contribution in [0.2, 0.25) is 0 Å². The Hall–Kier alpha value is -3.84. The zero-order valence-corrected chi connectivity index (χ0v) is 14.9. The monoisotopic (exact) mass is 363 g/mol. The van der Waals surface area contributed by atoms with Crippen LogP contribution < -0.4 is 0 Å². The van der Waals surface area contributed by atoms with E-state index in [9.17, 15) is 9.59 Å². The summed E-state index contributed by atoms with van der Waals surface area (Å²) in [5, 5.41) is 19.1. The second kappa shape index (κ2) is 9.02. The minimum absolute atomic E-state index is 0.0630. The number of carbonyl (C=O) groups excluding carboxylic acids is 2. The number of benzene rings is 1. The Morgan fingerprint density at radius 2 is 1.81 bits per heavy atom. The number of hydrogen-bond donors (Lipinski definition) is 1. The molecule has 0 atom stereocenters. The van der Waals surface area contributed by atoms with Crippen molar-refractivity contribution in [3.8, 4) is 12.1 Å². The first-order valence-corrected chi connectivity index (χ1v) is 8.23. The normalized spacial score (nSPS) is 10.6. The number of rotatable bonds is 7. The second-order valence-corrected chi connectivity index (χ2v) is 5.28. The average molecular weight is 363 g/mol. The summed E-state index contributed by atoms with van der Waals surface area (Å²) in [6.07, 6.45) is 2.78. The van der Waals surface area contributed by atoms with Crippen molar-refractivity contribution in [1.82, 2.24) is 4.98 Å². The largest absolute Gasteiger partial charge is 0.491 e. The van der Waals surface area contributed by atoms with Crippen molar-refractivity contribution in [2.45, 2.75) is 13.8 Å². The van der Waals surface area contributed by atoms with Gasteiger partial charge >= 0.3 is 5.97 Å². The third kappa shape index (κ3) is 4.42. The number of esters is 1. The summed E-state index contributed by atoms with van der Waals surface area (Å²) in [7, 11) is 0. The maximum Gasteiger partial charge on any atom is 0.342 e. The summed E-state index contributed by atoms with van der Waals surface area (Å²) in [4.78, 5) is 28.1. The molecule has 2 aromatic rings. The van der Waals surface area contributed by atoms with Gasteiger partial charge in [-0.1, -0.05) is 0 Å². The first-order valence-electron chi connectivity index (χ1n) is 8.23. The van der Waals surface area contributed by atoms with Gasteiger partial charge in [-0.25, -0.2) is 4.79 Å². The molecule has 2 rings (SSSR count). The van der Waals surface area contributed by atoms with Gasteiger partial charge in [-0.3, -0.25) is 4.79 Å². The van der Waals surface area contributed by atoms with E-state index in [1.165, 1.54) is 0 Å². The van der Waals surface area contributed by atoms with E-state index < -0.39 is 17.3 Å². The van der Waals surface area contributed by atoms with Crippen molar-refractivity contribution in [2.75, 3.05) is 13.2 Å². The fraction of sp³-hybridized carbons (Fsp3) is 0.200. The molecule has 27 heavy (non-hydrogen) atoms. The van der Waals surface area contributed by atoms with E-state index in [4.69, 9.17) is 20.0 Å². The van der Waals surface area contributed by atoms with Gasteiger partial charge in [-0.2, -0.15) is 10.5 Å². The van der Waals surface area contributed by atoms with Gasteiger partial charge in [-0.05, 0) is 38.1 Å².